The van der Waals surface area contributed by atoms with Crippen LogP contribution >= 0.6 is 11.7 Å². The molecule has 0 bridgehead atoms. The van der Waals surface area contributed by atoms with Crippen molar-refractivity contribution in [2.24, 2.45) is 0 Å². The van der Waals surface area contributed by atoms with E-state index < -0.39 is 22.0 Å². The summed E-state index contributed by atoms with van der Waals surface area (Å²) < 4.78 is 35.2. The van der Waals surface area contributed by atoms with E-state index in [0.29, 0.717) is 5.52 Å². The standard InChI is InChI=1S/C14H11N3O4S2/c18-14(19)12(9-5-2-1-3-6-9)17-23(20,21)11-8-4-7-10-13(11)16-22-15-10/h1-8,12,17H,(H,18,19)/p-1/t12-/m0/s1. The number of hydrogen-bond acceptors (Lipinski definition) is 7. The van der Waals surface area contributed by atoms with Crippen molar-refractivity contribution < 1.29 is 18.3 Å². The average molecular weight is 348 g/mol. The summed E-state index contributed by atoms with van der Waals surface area (Å²) in [6.07, 6.45) is 0. The Labute approximate surface area is 136 Å². The van der Waals surface area contributed by atoms with Gasteiger partial charge in [0.15, 0.2) is 0 Å². The number of carboxylic acid groups (broad SMARTS) is 1. The molecule has 118 valence electrons. The van der Waals surface area contributed by atoms with E-state index in [-0.39, 0.29) is 16.0 Å². The van der Waals surface area contributed by atoms with Crippen molar-refractivity contribution >= 4 is 38.8 Å². The summed E-state index contributed by atoms with van der Waals surface area (Å²) in [4.78, 5) is 11.2. The first-order chi connectivity index (χ1) is 11.0. The van der Waals surface area contributed by atoms with Crippen LogP contribution < -0.4 is 9.83 Å². The number of carboxylic acids is 1. The Morgan fingerprint density at radius 2 is 1.83 bits per heavy atom. The Hall–Kier alpha value is -2.36. The monoisotopic (exact) mass is 348 g/mol. The third kappa shape index (κ3) is 3.07. The van der Waals surface area contributed by atoms with Crippen molar-refractivity contribution in [1.29, 1.82) is 0 Å². The maximum Gasteiger partial charge on any atom is 0.243 e. The summed E-state index contributed by atoms with van der Waals surface area (Å²) in [5.41, 5.74) is 0.914. The smallest absolute Gasteiger partial charge is 0.243 e. The zero-order valence-electron chi connectivity index (χ0n) is 11.5. The fraction of sp³-hybridized carbons (Fsp3) is 0.0714. The lowest BCUT2D eigenvalue weighted by Crippen LogP contribution is -2.41. The second-order valence-electron chi connectivity index (χ2n) is 4.67. The van der Waals surface area contributed by atoms with Crippen molar-refractivity contribution in [2.75, 3.05) is 0 Å². The SMILES string of the molecule is O=C([O-])[C@@H](NS(=O)(=O)c1cccc2nsnc12)c1ccccc1. The number of nitrogens with zero attached hydrogens (tertiary/aromatic N) is 2. The third-order valence-corrected chi connectivity index (χ3v) is 5.18. The maximum atomic E-state index is 12.6. The fourth-order valence-corrected chi connectivity index (χ4v) is 4.05. The van der Waals surface area contributed by atoms with Gasteiger partial charge in [0.1, 0.15) is 15.9 Å². The first kappa shape index (κ1) is 15.5. The molecule has 1 heterocycles. The molecule has 3 aromatic rings. The Balaban J connectivity index is 2.03. The number of rotatable bonds is 5. The van der Waals surface area contributed by atoms with E-state index in [1.807, 2.05) is 0 Å². The molecule has 23 heavy (non-hydrogen) atoms. The second-order valence-corrected chi connectivity index (χ2v) is 6.88. The molecule has 0 unspecified atom stereocenters. The van der Waals surface area contributed by atoms with Crippen molar-refractivity contribution in [3.05, 3.63) is 54.1 Å². The van der Waals surface area contributed by atoms with E-state index in [9.17, 15) is 18.3 Å². The third-order valence-electron chi connectivity index (χ3n) is 3.18. The number of nitrogens with one attached hydrogen (secondary N) is 1. The second kappa shape index (κ2) is 6.03. The molecule has 0 aliphatic rings. The molecule has 0 saturated carbocycles. The average Bonchev–Trinajstić information content (AvgIpc) is 3.01. The number of carbonyl (C=O) groups is 1. The van der Waals surface area contributed by atoms with Gasteiger partial charge in [-0.15, -0.1) is 0 Å². The van der Waals surface area contributed by atoms with E-state index >= 15 is 0 Å². The minimum atomic E-state index is -4.12. The number of aliphatic carboxylic acids is 1. The Bertz CT molecular complexity index is 954. The van der Waals surface area contributed by atoms with E-state index in [4.69, 9.17) is 0 Å². The van der Waals surface area contributed by atoms with Gasteiger partial charge < -0.3 is 9.90 Å². The largest absolute Gasteiger partial charge is 0.548 e. The number of fused-ring (bicyclic) bond motifs is 1. The number of aromatic nitrogens is 2. The van der Waals surface area contributed by atoms with E-state index in [1.54, 1.807) is 24.3 Å². The lowest BCUT2D eigenvalue weighted by atomic mass is 10.1. The van der Waals surface area contributed by atoms with Gasteiger partial charge in [-0.1, -0.05) is 36.4 Å². The van der Waals surface area contributed by atoms with Crippen LogP contribution in [0.1, 0.15) is 11.6 Å². The van der Waals surface area contributed by atoms with Gasteiger partial charge in [0, 0.05) is 0 Å². The minimum Gasteiger partial charge on any atom is -0.548 e. The lowest BCUT2D eigenvalue weighted by molar-refractivity contribution is -0.308. The molecule has 1 aromatic heterocycles. The van der Waals surface area contributed by atoms with Gasteiger partial charge in [-0.25, -0.2) is 8.42 Å². The topological polar surface area (TPSA) is 112 Å². The molecule has 1 N–H and O–H groups in total. The molecule has 3 rings (SSSR count). The zero-order chi connectivity index (χ0) is 16.4. The molecule has 1 atom stereocenters. The highest BCUT2D eigenvalue weighted by molar-refractivity contribution is 7.89. The highest BCUT2D eigenvalue weighted by atomic mass is 32.2. The summed E-state index contributed by atoms with van der Waals surface area (Å²) in [7, 11) is -4.12. The van der Waals surface area contributed by atoms with E-state index in [0.717, 1.165) is 11.7 Å². The summed E-state index contributed by atoms with van der Waals surface area (Å²) in [5, 5.41) is 11.4. The van der Waals surface area contributed by atoms with Gasteiger partial charge in [-0.2, -0.15) is 13.5 Å². The molecular weight excluding hydrogens is 338 g/mol. The summed E-state index contributed by atoms with van der Waals surface area (Å²) in [6.45, 7) is 0. The van der Waals surface area contributed by atoms with Gasteiger partial charge in [0.2, 0.25) is 10.0 Å². The highest BCUT2D eigenvalue weighted by Gasteiger charge is 2.25. The van der Waals surface area contributed by atoms with Crippen molar-refractivity contribution in [2.45, 2.75) is 10.9 Å². The number of benzene rings is 2. The fourth-order valence-electron chi connectivity index (χ4n) is 2.11. The van der Waals surface area contributed by atoms with Crippen molar-refractivity contribution in [1.82, 2.24) is 13.5 Å². The van der Waals surface area contributed by atoms with Crippen LogP contribution in [-0.2, 0) is 14.8 Å². The molecule has 0 fully saturated rings. The Morgan fingerprint density at radius 1 is 1.09 bits per heavy atom. The predicted octanol–water partition coefficient (Wildman–Crippen LogP) is 0.461. The summed E-state index contributed by atoms with van der Waals surface area (Å²) in [6, 6.07) is 11.0. The Kier molecular flexibility index (Phi) is 4.07. The minimum absolute atomic E-state index is 0.120. The summed E-state index contributed by atoms with van der Waals surface area (Å²) in [5.74, 6) is -1.54. The van der Waals surface area contributed by atoms with E-state index in [1.165, 1.54) is 24.3 Å². The summed E-state index contributed by atoms with van der Waals surface area (Å²) >= 11 is 0.884. The van der Waals surface area contributed by atoms with Gasteiger partial charge in [0.25, 0.3) is 0 Å². The van der Waals surface area contributed by atoms with Gasteiger partial charge in [0.05, 0.1) is 23.7 Å². The van der Waals surface area contributed by atoms with E-state index in [2.05, 4.69) is 13.5 Å². The van der Waals surface area contributed by atoms with Gasteiger partial charge in [-0.3, -0.25) is 0 Å². The number of carbonyl (C=O) groups excluding carboxylic acids is 1. The first-order valence-electron chi connectivity index (χ1n) is 6.48. The molecule has 9 heteroatoms. The van der Waals surface area contributed by atoms with Crippen LogP contribution in [0.3, 0.4) is 0 Å². The number of hydrogen-bond donors (Lipinski definition) is 1. The molecule has 0 spiro atoms. The van der Waals surface area contributed by atoms with Crippen LogP contribution in [-0.4, -0.2) is 23.1 Å². The molecule has 0 radical (unpaired) electrons. The first-order valence-corrected chi connectivity index (χ1v) is 8.70. The lowest BCUT2D eigenvalue weighted by Gasteiger charge is -2.20. The van der Waals surface area contributed by atoms with Crippen LogP contribution in [0.15, 0.2) is 53.4 Å². The van der Waals surface area contributed by atoms with Crippen LogP contribution in [0.25, 0.3) is 11.0 Å². The molecule has 2 aromatic carbocycles. The van der Waals surface area contributed by atoms with Crippen molar-refractivity contribution in [3.8, 4) is 0 Å². The normalized spacial score (nSPS) is 13.0. The zero-order valence-corrected chi connectivity index (χ0v) is 13.2. The number of sulfonamides is 1. The van der Waals surface area contributed by atoms with Crippen LogP contribution in [0.5, 0.6) is 0 Å². The van der Waals surface area contributed by atoms with Crippen LogP contribution in [0.2, 0.25) is 0 Å². The Morgan fingerprint density at radius 3 is 2.52 bits per heavy atom. The molecule has 0 saturated heterocycles. The molecular formula is C14H10N3O4S2-. The van der Waals surface area contributed by atoms with Crippen LogP contribution in [0.4, 0.5) is 0 Å². The molecule has 0 aliphatic carbocycles. The van der Waals surface area contributed by atoms with Crippen LogP contribution in [0, 0.1) is 0 Å². The van der Waals surface area contributed by atoms with Gasteiger partial charge >= 0.3 is 0 Å². The quantitative estimate of drug-likeness (QED) is 0.717. The van der Waals surface area contributed by atoms with Crippen molar-refractivity contribution in [3.63, 3.8) is 0 Å². The molecule has 0 amide bonds. The molecule has 7 nitrogen and oxygen atoms in total. The maximum absolute atomic E-state index is 12.6. The van der Waals surface area contributed by atoms with Gasteiger partial charge in [-0.05, 0) is 17.7 Å². The highest BCUT2D eigenvalue weighted by Crippen LogP contribution is 2.23. The predicted molar refractivity (Wildman–Crippen MR) is 81.9 cm³/mol. The molecule has 0 aliphatic heterocycles.